The zero-order chi connectivity index (χ0) is 11.4. The number of carbonyl (C=O) groups is 1. The molecule has 1 fully saturated rings. The highest BCUT2D eigenvalue weighted by Crippen LogP contribution is 2.20. The summed E-state index contributed by atoms with van der Waals surface area (Å²) >= 11 is 3.39. The Kier molecular flexibility index (Phi) is 3.83. The lowest BCUT2D eigenvalue weighted by molar-refractivity contribution is -0.119. The zero-order valence-electron chi connectivity index (χ0n) is 8.93. The number of ether oxygens (including phenoxy) is 1. The van der Waals surface area contributed by atoms with Crippen molar-refractivity contribution in [1.29, 1.82) is 0 Å². The van der Waals surface area contributed by atoms with Crippen molar-refractivity contribution in [3.05, 3.63) is 28.7 Å². The fourth-order valence-electron chi connectivity index (χ4n) is 1.80. The van der Waals surface area contributed by atoms with E-state index in [9.17, 15) is 4.79 Å². The van der Waals surface area contributed by atoms with Crippen LogP contribution in [0.1, 0.15) is 12.8 Å². The molecule has 1 aromatic rings. The number of hydrogen-bond acceptors (Lipinski definition) is 2. The van der Waals surface area contributed by atoms with Gasteiger partial charge in [-0.15, -0.1) is 0 Å². The first-order valence-corrected chi connectivity index (χ1v) is 6.19. The minimum atomic E-state index is 0.234. The Hall–Kier alpha value is -1.03. The molecule has 4 heteroatoms. The Balaban J connectivity index is 1.86. The molecule has 0 N–H and O–H groups in total. The molecule has 0 radical (unpaired) electrons. The van der Waals surface area contributed by atoms with E-state index in [1.54, 1.807) is 4.90 Å². The van der Waals surface area contributed by atoms with E-state index in [2.05, 4.69) is 15.9 Å². The van der Waals surface area contributed by atoms with Crippen LogP contribution in [0.15, 0.2) is 28.7 Å². The lowest BCUT2D eigenvalue weighted by Gasteiger charge is -2.29. The van der Waals surface area contributed by atoms with Crippen LogP contribution in [-0.4, -0.2) is 30.5 Å². The lowest BCUT2D eigenvalue weighted by atomic mass is 10.1. The van der Waals surface area contributed by atoms with Crippen molar-refractivity contribution in [1.82, 2.24) is 4.90 Å². The summed E-state index contributed by atoms with van der Waals surface area (Å²) < 4.78 is 6.89. The minimum absolute atomic E-state index is 0.234. The van der Waals surface area contributed by atoms with E-state index in [4.69, 9.17) is 4.74 Å². The Morgan fingerprint density at radius 1 is 1.25 bits per heavy atom. The van der Waals surface area contributed by atoms with Gasteiger partial charge in [0.05, 0.1) is 0 Å². The number of amides is 1. The molecule has 1 amide bonds. The van der Waals surface area contributed by atoms with E-state index >= 15 is 0 Å². The van der Waals surface area contributed by atoms with Crippen molar-refractivity contribution in [2.75, 3.05) is 13.1 Å². The minimum Gasteiger partial charge on any atom is -0.490 e. The van der Waals surface area contributed by atoms with E-state index in [1.807, 2.05) is 24.3 Å². The molecule has 1 saturated heterocycles. The standard InChI is InChI=1S/C12H14BrNO2/c13-10-1-3-11(4-2-10)16-12-5-7-14(9-15)8-6-12/h1-4,9,12H,5-8H2. The van der Waals surface area contributed by atoms with Crippen LogP contribution >= 0.6 is 15.9 Å². The van der Waals surface area contributed by atoms with Gasteiger partial charge in [-0.2, -0.15) is 0 Å². The summed E-state index contributed by atoms with van der Waals surface area (Å²) in [4.78, 5) is 12.3. The second kappa shape index (κ2) is 5.34. The molecule has 1 aliphatic rings. The monoisotopic (exact) mass is 283 g/mol. The predicted molar refractivity (Wildman–Crippen MR) is 65.4 cm³/mol. The Bertz CT molecular complexity index is 345. The molecule has 0 aromatic heterocycles. The predicted octanol–water partition coefficient (Wildman–Crippen LogP) is 2.45. The molecule has 1 heterocycles. The van der Waals surface area contributed by atoms with Gasteiger partial charge in [0.1, 0.15) is 11.9 Å². The summed E-state index contributed by atoms with van der Waals surface area (Å²) in [6.07, 6.45) is 2.97. The fourth-order valence-corrected chi connectivity index (χ4v) is 2.07. The van der Waals surface area contributed by atoms with Gasteiger partial charge in [-0.25, -0.2) is 0 Å². The number of carbonyl (C=O) groups excluding carboxylic acids is 1. The molecule has 0 atom stereocenters. The third-order valence-electron chi connectivity index (χ3n) is 2.74. The number of halogens is 1. The molecule has 86 valence electrons. The van der Waals surface area contributed by atoms with Crippen molar-refractivity contribution in [3.63, 3.8) is 0 Å². The fraction of sp³-hybridized carbons (Fsp3) is 0.417. The molecule has 0 saturated carbocycles. The number of likely N-dealkylation sites (tertiary alicyclic amines) is 1. The van der Waals surface area contributed by atoms with Gasteiger partial charge < -0.3 is 9.64 Å². The second-order valence-electron chi connectivity index (χ2n) is 3.91. The Morgan fingerprint density at radius 3 is 2.44 bits per heavy atom. The van der Waals surface area contributed by atoms with Crippen LogP contribution in [0.3, 0.4) is 0 Å². The third kappa shape index (κ3) is 2.98. The summed E-state index contributed by atoms with van der Waals surface area (Å²) in [7, 11) is 0. The molecule has 0 spiro atoms. The number of nitrogens with zero attached hydrogens (tertiary/aromatic N) is 1. The highest BCUT2D eigenvalue weighted by atomic mass is 79.9. The summed E-state index contributed by atoms with van der Waals surface area (Å²) in [6, 6.07) is 7.85. The first-order chi connectivity index (χ1) is 7.78. The number of hydrogen-bond donors (Lipinski definition) is 0. The quantitative estimate of drug-likeness (QED) is 0.798. The molecule has 3 nitrogen and oxygen atoms in total. The molecule has 0 unspecified atom stereocenters. The van der Waals surface area contributed by atoms with Crippen LogP contribution < -0.4 is 4.74 Å². The van der Waals surface area contributed by atoms with Gasteiger partial charge in [0.25, 0.3) is 0 Å². The summed E-state index contributed by atoms with van der Waals surface area (Å²) in [6.45, 7) is 1.59. The molecular formula is C12H14BrNO2. The Morgan fingerprint density at radius 2 is 1.88 bits per heavy atom. The topological polar surface area (TPSA) is 29.5 Å². The average Bonchev–Trinajstić information content (AvgIpc) is 2.33. The Labute approximate surface area is 104 Å². The SMILES string of the molecule is O=CN1CCC(Oc2ccc(Br)cc2)CC1. The van der Waals surface area contributed by atoms with Gasteiger partial charge in [-0.05, 0) is 24.3 Å². The number of benzene rings is 1. The third-order valence-corrected chi connectivity index (χ3v) is 3.27. The molecule has 2 rings (SSSR count). The molecule has 1 aromatic carbocycles. The molecule has 16 heavy (non-hydrogen) atoms. The summed E-state index contributed by atoms with van der Waals surface area (Å²) in [5.74, 6) is 0.896. The van der Waals surface area contributed by atoms with Crippen molar-refractivity contribution >= 4 is 22.3 Å². The van der Waals surface area contributed by atoms with Gasteiger partial charge in [0.2, 0.25) is 6.41 Å². The maximum atomic E-state index is 10.5. The van der Waals surface area contributed by atoms with E-state index in [-0.39, 0.29) is 6.10 Å². The van der Waals surface area contributed by atoms with Gasteiger partial charge >= 0.3 is 0 Å². The highest BCUT2D eigenvalue weighted by molar-refractivity contribution is 9.10. The largest absolute Gasteiger partial charge is 0.490 e. The van der Waals surface area contributed by atoms with Crippen LogP contribution in [0.25, 0.3) is 0 Å². The van der Waals surface area contributed by atoms with Gasteiger partial charge in [-0.3, -0.25) is 4.79 Å². The molecule has 0 bridgehead atoms. The van der Waals surface area contributed by atoms with Crippen LogP contribution in [-0.2, 0) is 4.79 Å². The van der Waals surface area contributed by atoms with E-state index in [1.165, 1.54) is 0 Å². The summed E-state index contributed by atoms with van der Waals surface area (Å²) in [5.41, 5.74) is 0. The highest BCUT2D eigenvalue weighted by Gasteiger charge is 2.19. The van der Waals surface area contributed by atoms with Crippen molar-refractivity contribution < 1.29 is 9.53 Å². The molecular weight excluding hydrogens is 270 g/mol. The maximum Gasteiger partial charge on any atom is 0.209 e. The number of piperidine rings is 1. The first-order valence-electron chi connectivity index (χ1n) is 5.39. The normalized spacial score (nSPS) is 17.2. The van der Waals surface area contributed by atoms with Crippen LogP contribution in [0.2, 0.25) is 0 Å². The van der Waals surface area contributed by atoms with E-state index in [0.29, 0.717) is 0 Å². The summed E-state index contributed by atoms with van der Waals surface area (Å²) in [5, 5.41) is 0. The van der Waals surface area contributed by atoms with Crippen LogP contribution in [0.5, 0.6) is 5.75 Å². The van der Waals surface area contributed by atoms with Crippen molar-refractivity contribution in [3.8, 4) is 5.75 Å². The molecule has 1 aliphatic heterocycles. The van der Waals surface area contributed by atoms with E-state index < -0.39 is 0 Å². The molecule has 0 aliphatic carbocycles. The number of rotatable bonds is 3. The van der Waals surface area contributed by atoms with Crippen molar-refractivity contribution in [2.45, 2.75) is 18.9 Å². The van der Waals surface area contributed by atoms with Gasteiger partial charge in [0, 0.05) is 30.4 Å². The van der Waals surface area contributed by atoms with Crippen molar-refractivity contribution in [2.24, 2.45) is 0 Å². The van der Waals surface area contributed by atoms with Gasteiger partial charge in [0.15, 0.2) is 0 Å². The van der Waals surface area contributed by atoms with E-state index in [0.717, 1.165) is 42.6 Å². The average molecular weight is 284 g/mol. The van der Waals surface area contributed by atoms with Crippen LogP contribution in [0.4, 0.5) is 0 Å². The second-order valence-corrected chi connectivity index (χ2v) is 4.83. The van der Waals surface area contributed by atoms with Gasteiger partial charge in [-0.1, -0.05) is 15.9 Å². The lowest BCUT2D eigenvalue weighted by Crippen LogP contribution is -2.37. The smallest absolute Gasteiger partial charge is 0.209 e. The van der Waals surface area contributed by atoms with Crippen LogP contribution in [0, 0.1) is 0 Å². The zero-order valence-corrected chi connectivity index (χ0v) is 10.5. The first kappa shape index (κ1) is 11.5. The maximum absolute atomic E-state index is 10.5.